The summed E-state index contributed by atoms with van der Waals surface area (Å²) >= 11 is 0. The van der Waals surface area contributed by atoms with Gasteiger partial charge in [-0.3, -0.25) is 4.79 Å². The Bertz CT molecular complexity index is 181. The van der Waals surface area contributed by atoms with Crippen molar-refractivity contribution < 1.29 is 14.3 Å². The molecule has 5 nitrogen and oxygen atoms in total. The topological polar surface area (TPSA) is 50.8 Å². The Balaban J connectivity index is 2.30. The number of morpholine rings is 1. The van der Waals surface area contributed by atoms with Crippen molar-refractivity contribution in [2.75, 3.05) is 47.0 Å². The average Bonchev–Trinajstić information content (AvgIpc) is 2.26. The summed E-state index contributed by atoms with van der Waals surface area (Å²) in [7, 11) is 3.39. The number of amides is 1. The van der Waals surface area contributed by atoms with Gasteiger partial charge in [0.1, 0.15) is 6.10 Å². The predicted octanol–water partition coefficient (Wildman–Crippen LogP) is -0.920. The van der Waals surface area contributed by atoms with E-state index in [0.29, 0.717) is 26.3 Å². The average molecular weight is 202 g/mol. The van der Waals surface area contributed by atoms with Crippen LogP contribution in [-0.4, -0.2) is 63.9 Å². The maximum absolute atomic E-state index is 11.7. The molecule has 1 unspecified atom stereocenters. The molecule has 1 aliphatic rings. The SMILES string of the molecule is COCCN(C)C(=O)C1CNCCO1. The minimum absolute atomic E-state index is 0.0225. The molecule has 0 saturated carbocycles. The predicted molar refractivity (Wildman–Crippen MR) is 52.1 cm³/mol. The van der Waals surface area contributed by atoms with E-state index in [2.05, 4.69) is 5.32 Å². The Hall–Kier alpha value is -0.650. The highest BCUT2D eigenvalue weighted by atomic mass is 16.5. The van der Waals surface area contributed by atoms with Crippen molar-refractivity contribution in [1.29, 1.82) is 0 Å². The summed E-state index contributed by atoms with van der Waals surface area (Å²) in [6.45, 7) is 3.20. The third kappa shape index (κ3) is 3.25. The van der Waals surface area contributed by atoms with E-state index >= 15 is 0 Å². The molecule has 5 heteroatoms. The van der Waals surface area contributed by atoms with E-state index < -0.39 is 0 Å². The maximum atomic E-state index is 11.7. The van der Waals surface area contributed by atoms with Gasteiger partial charge in [0.15, 0.2) is 0 Å². The van der Waals surface area contributed by atoms with Gasteiger partial charge in [-0.05, 0) is 0 Å². The second-order valence-corrected chi connectivity index (χ2v) is 3.32. The molecule has 1 aliphatic heterocycles. The Morgan fingerprint density at radius 1 is 1.71 bits per heavy atom. The number of nitrogens with zero attached hydrogens (tertiary/aromatic N) is 1. The number of hydrogen-bond acceptors (Lipinski definition) is 4. The number of hydrogen-bond donors (Lipinski definition) is 1. The Kier molecular flexibility index (Phi) is 4.86. The molecule has 0 aliphatic carbocycles. The van der Waals surface area contributed by atoms with Crippen LogP contribution in [0.25, 0.3) is 0 Å². The molecular formula is C9H18N2O3. The zero-order chi connectivity index (χ0) is 10.4. The van der Waals surface area contributed by atoms with Crippen LogP contribution in [-0.2, 0) is 14.3 Å². The molecule has 0 aromatic rings. The second-order valence-electron chi connectivity index (χ2n) is 3.32. The van der Waals surface area contributed by atoms with E-state index in [-0.39, 0.29) is 12.0 Å². The fourth-order valence-electron chi connectivity index (χ4n) is 1.31. The van der Waals surface area contributed by atoms with Gasteiger partial charge in [0.25, 0.3) is 5.91 Å². The molecule has 1 N–H and O–H groups in total. The standard InChI is InChI=1S/C9H18N2O3/c1-11(4-6-13-2)9(12)8-7-10-3-5-14-8/h8,10H,3-7H2,1-2H3. The van der Waals surface area contributed by atoms with Crippen molar-refractivity contribution in [3.63, 3.8) is 0 Å². The number of methoxy groups -OCH3 is 1. The van der Waals surface area contributed by atoms with Gasteiger partial charge in [0.2, 0.25) is 0 Å². The molecular weight excluding hydrogens is 184 g/mol. The number of carbonyl (C=O) groups is 1. The van der Waals surface area contributed by atoms with Gasteiger partial charge >= 0.3 is 0 Å². The van der Waals surface area contributed by atoms with Crippen molar-refractivity contribution in [2.24, 2.45) is 0 Å². The first-order chi connectivity index (χ1) is 6.75. The number of ether oxygens (including phenoxy) is 2. The van der Waals surface area contributed by atoms with Gasteiger partial charge in [-0.15, -0.1) is 0 Å². The highest BCUT2D eigenvalue weighted by Gasteiger charge is 2.24. The lowest BCUT2D eigenvalue weighted by molar-refractivity contribution is -0.144. The van der Waals surface area contributed by atoms with Gasteiger partial charge in [0, 0.05) is 33.8 Å². The van der Waals surface area contributed by atoms with Gasteiger partial charge in [0.05, 0.1) is 13.2 Å². The second kappa shape index (κ2) is 5.95. The lowest BCUT2D eigenvalue weighted by Gasteiger charge is -2.27. The van der Waals surface area contributed by atoms with E-state index in [0.717, 1.165) is 6.54 Å². The lowest BCUT2D eigenvalue weighted by Crippen LogP contribution is -2.48. The van der Waals surface area contributed by atoms with Crippen LogP contribution in [0.4, 0.5) is 0 Å². The van der Waals surface area contributed by atoms with Gasteiger partial charge in [-0.25, -0.2) is 0 Å². The zero-order valence-corrected chi connectivity index (χ0v) is 8.78. The first kappa shape index (κ1) is 11.4. The first-order valence-corrected chi connectivity index (χ1v) is 4.82. The third-order valence-electron chi connectivity index (χ3n) is 2.21. The summed E-state index contributed by atoms with van der Waals surface area (Å²) in [5.41, 5.74) is 0. The van der Waals surface area contributed by atoms with Crippen LogP contribution >= 0.6 is 0 Å². The molecule has 1 saturated heterocycles. The van der Waals surface area contributed by atoms with E-state index in [9.17, 15) is 4.79 Å². The van der Waals surface area contributed by atoms with E-state index in [1.54, 1.807) is 19.1 Å². The van der Waals surface area contributed by atoms with Gasteiger partial charge in [-0.1, -0.05) is 0 Å². The fraction of sp³-hybridized carbons (Fsp3) is 0.889. The smallest absolute Gasteiger partial charge is 0.252 e. The number of rotatable bonds is 4. The molecule has 1 fully saturated rings. The summed E-state index contributed by atoms with van der Waals surface area (Å²) in [5, 5.41) is 3.12. The fourth-order valence-corrected chi connectivity index (χ4v) is 1.31. The molecule has 82 valence electrons. The van der Waals surface area contributed by atoms with Crippen LogP contribution in [0.1, 0.15) is 0 Å². The van der Waals surface area contributed by atoms with Gasteiger partial charge < -0.3 is 19.7 Å². The molecule has 14 heavy (non-hydrogen) atoms. The van der Waals surface area contributed by atoms with Crippen LogP contribution < -0.4 is 5.32 Å². The Labute approximate surface area is 84.4 Å². The van der Waals surface area contributed by atoms with Crippen molar-refractivity contribution in [3.05, 3.63) is 0 Å². The van der Waals surface area contributed by atoms with Crippen LogP contribution in [0, 0.1) is 0 Å². The molecule has 0 spiro atoms. The summed E-state index contributed by atoms with van der Waals surface area (Å²) in [5.74, 6) is 0.0225. The van der Waals surface area contributed by atoms with Crippen molar-refractivity contribution in [3.8, 4) is 0 Å². The zero-order valence-electron chi connectivity index (χ0n) is 8.78. The van der Waals surface area contributed by atoms with Crippen LogP contribution in [0.5, 0.6) is 0 Å². The van der Waals surface area contributed by atoms with E-state index in [1.807, 2.05) is 0 Å². The van der Waals surface area contributed by atoms with Crippen LogP contribution in [0.3, 0.4) is 0 Å². The highest BCUT2D eigenvalue weighted by molar-refractivity contribution is 5.81. The molecule has 1 atom stereocenters. The monoisotopic (exact) mass is 202 g/mol. The van der Waals surface area contributed by atoms with Crippen molar-refractivity contribution in [1.82, 2.24) is 10.2 Å². The Morgan fingerprint density at radius 2 is 2.50 bits per heavy atom. The molecule has 0 radical (unpaired) electrons. The highest BCUT2D eigenvalue weighted by Crippen LogP contribution is 2.00. The van der Waals surface area contributed by atoms with E-state index in [1.165, 1.54) is 0 Å². The summed E-state index contributed by atoms with van der Waals surface area (Å²) in [4.78, 5) is 13.3. The van der Waals surface area contributed by atoms with E-state index in [4.69, 9.17) is 9.47 Å². The molecule has 1 heterocycles. The van der Waals surface area contributed by atoms with Crippen LogP contribution in [0.15, 0.2) is 0 Å². The third-order valence-corrected chi connectivity index (χ3v) is 2.21. The molecule has 0 bridgehead atoms. The minimum atomic E-state index is -0.328. The maximum Gasteiger partial charge on any atom is 0.252 e. The Morgan fingerprint density at radius 3 is 3.07 bits per heavy atom. The lowest BCUT2D eigenvalue weighted by atomic mass is 10.2. The number of nitrogens with one attached hydrogen (secondary N) is 1. The normalized spacial score (nSPS) is 22.0. The van der Waals surface area contributed by atoms with Crippen molar-refractivity contribution >= 4 is 5.91 Å². The molecule has 1 amide bonds. The largest absolute Gasteiger partial charge is 0.383 e. The molecule has 1 rings (SSSR count). The first-order valence-electron chi connectivity index (χ1n) is 4.82. The minimum Gasteiger partial charge on any atom is -0.383 e. The summed E-state index contributed by atoms with van der Waals surface area (Å²) in [6, 6.07) is 0. The van der Waals surface area contributed by atoms with Gasteiger partial charge in [-0.2, -0.15) is 0 Å². The number of carbonyl (C=O) groups excluding carboxylic acids is 1. The molecule has 0 aromatic heterocycles. The summed E-state index contributed by atoms with van der Waals surface area (Å²) in [6.07, 6.45) is -0.328. The molecule has 0 aromatic carbocycles. The number of likely N-dealkylation sites (N-methyl/N-ethyl adjacent to an activating group) is 1. The van der Waals surface area contributed by atoms with Crippen LogP contribution in [0.2, 0.25) is 0 Å². The summed E-state index contributed by atoms with van der Waals surface area (Å²) < 4.78 is 10.2. The van der Waals surface area contributed by atoms with Crippen molar-refractivity contribution in [2.45, 2.75) is 6.10 Å². The quantitative estimate of drug-likeness (QED) is 0.640.